The second-order valence-electron chi connectivity index (χ2n) is 11.2. The third-order valence-corrected chi connectivity index (χ3v) is 8.41. The van der Waals surface area contributed by atoms with E-state index in [2.05, 4.69) is 21.4 Å². The fraction of sp³-hybridized carbons (Fsp3) is 0.433. The average Bonchev–Trinajstić information content (AvgIpc) is 3.58. The number of amides is 1. The molecule has 3 fully saturated rings. The summed E-state index contributed by atoms with van der Waals surface area (Å²) in [7, 11) is 0. The largest absolute Gasteiger partial charge is 0.385 e. The van der Waals surface area contributed by atoms with Crippen molar-refractivity contribution in [1.82, 2.24) is 10.3 Å². The fourth-order valence-electron chi connectivity index (χ4n) is 5.75. The lowest BCUT2D eigenvalue weighted by atomic mass is 9.80. The van der Waals surface area contributed by atoms with E-state index in [-0.39, 0.29) is 19.1 Å². The number of H-pyrrole nitrogens is 1. The molecule has 1 saturated heterocycles. The van der Waals surface area contributed by atoms with E-state index in [9.17, 15) is 18.8 Å². The van der Waals surface area contributed by atoms with Crippen molar-refractivity contribution >= 4 is 22.6 Å². The van der Waals surface area contributed by atoms with E-state index in [4.69, 9.17) is 15.2 Å². The molecule has 40 heavy (non-hydrogen) atoms. The van der Waals surface area contributed by atoms with Crippen LogP contribution in [0.1, 0.15) is 61.0 Å². The Morgan fingerprint density at radius 1 is 1.05 bits per heavy atom. The van der Waals surface area contributed by atoms with Gasteiger partial charge in [-0.05, 0) is 54.5 Å². The standard InChI is InChI=1S/C30H31F2N5O3/c31-27(32)40-30(17-39-18-30)22-8-6-19(7-9-22)20-4-5-21-15-24(35-23(21)14-20)25(38)36-29(10-2-1-3-11-29)26(34)37-28(16-33)12-13-28/h4-9,14-15,27,35H,1-3,10-13,17-18H2,(H2,34,37)(H,36,38). The van der Waals surface area contributed by atoms with Gasteiger partial charge in [-0.2, -0.15) is 14.0 Å². The number of carbonyl (C=O) groups is 1. The number of halogens is 2. The molecule has 2 saturated carbocycles. The van der Waals surface area contributed by atoms with E-state index in [1.807, 2.05) is 30.3 Å². The lowest BCUT2D eigenvalue weighted by molar-refractivity contribution is -0.293. The normalized spacial score (nSPS) is 21.0. The van der Waals surface area contributed by atoms with Crippen LogP contribution < -0.4 is 11.1 Å². The molecule has 1 aliphatic heterocycles. The van der Waals surface area contributed by atoms with Crippen molar-refractivity contribution in [2.75, 3.05) is 13.2 Å². The third kappa shape index (κ3) is 4.84. The monoisotopic (exact) mass is 547 g/mol. The molecule has 0 bridgehead atoms. The van der Waals surface area contributed by atoms with E-state index >= 15 is 0 Å². The molecular formula is C30H31F2N5O3. The molecule has 0 spiro atoms. The van der Waals surface area contributed by atoms with Crippen LogP contribution in [0.5, 0.6) is 0 Å². The van der Waals surface area contributed by atoms with Gasteiger partial charge in [0.2, 0.25) is 0 Å². The first-order valence-electron chi connectivity index (χ1n) is 13.6. The highest BCUT2D eigenvalue weighted by molar-refractivity contribution is 6.02. The van der Waals surface area contributed by atoms with Gasteiger partial charge in [-0.1, -0.05) is 55.7 Å². The van der Waals surface area contributed by atoms with Crippen LogP contribution in [0.4, 0.5) is 8.78 Å². The summed E-state index contributed by atoms with van der Waals surface area (Å²) in [4.78, 5) is 21.2. The lowest BCUT2D eigenvalue weighted by Crippen LogP contribution is -2.59. The van der Waals surface area contributed by atoms with Crippen molar-refractivity contribution < 1.29 is 23.0 Å². The molecule has 3 aliphatic rings. The van der Waals surface area contributed by atoms with Crippen LogP contribution in [0.15, 0.2) is 53.5 Å². The molecule has 2 aromatic carbocycles. The van der Waals surface area contributed by atoms with E-state index < -0.39 is 23.3 Å². The summed E-state index contributed by atoms with van der Waals surface area (Å²) >= 11 is 0. The smallest absolute Gasteiger partial charge is 0.346 e. The molecule has 0 unspecified atom stereocenters. The minimum Gasteiger partial charge on any atom is -0.385 e. The molecule has 3 aromatic rings. The number of hydrogen-bond acceptors (Lipinski definition) is 5. The van der Waals surface area contributed by atoms with Gasteiger partial charge in [-0.25, -0.2) is 4.99 Å². The highest BCUT2D eigenvalue weighted by atomic mass is 19.3. The Hall–Kier alpha value is -3.81. The maximum Gasteiger partial charge on any atom is 0.346 e. The van der Waals surface area contributed by atoms with Crippen LogP contribution in [0.25, 0.3) is 22.0 Å². The second-order valence-corrected chi connectivity index (χ2v) is 11.2. The van der Waals surface area contributed by atoms with Gasteiger partial charge >= 0.3 is 6.61 Å². The van der Waals surface area contributed by atoms with Crippen molar-refractivity contribution in [3.8, 4) is 17.2 Å². The van der Waals surface area contributed by atoms with E-state index in [0.717, 1.165) is 41.3 Å². The topological polar surface area (TPSA) is 126 Å². The van der Waals surface area contributed by atoms with Gasteiger partial charge in [-0.15, -0.1) is 0 Å². The summed E-state index contributed by atoms with van der Waals surface area (Å²) < 4.78 is 35.9. The number of nitrogens with two attached hydrogens (primary N) is 1. The number of alkyl halides is 2. The molecule has 6 rings (SSSR count). The first-order chi connectivity index (χ1) is 19.3. The minimum absolute atomic E-state index is 0.0912. The number of ether oxygens (including phenoxy) is 2. The lowest BCUT2D eigenvalue weighted by Gasteiger charge is -2.41. The zero-order valence-corrected chi connectivity index (χ0v) is 22.0. The number of nitrogens with zero attached hydrogens (tertiary/aromatic N) is 2. The van der Waals surface area contributed by atoms with Crippen LogP contribution in [-0.4, -0.2) is 47.6 Å². The van der Waals surface area contributed by atoms with Crippen LogP contribution in [0.3, 0.4) is 0 Å². The molecule has 0 atom stereocenters. The van der Waals surface area contributed by atoms with Crippen molar-refractivity contribution in [2.45, 2.75) is 68.2 Å². The van der Waals surface area contributed by atoms with Crippen LogP contribution in [0.2, 0.25) is 0 Å². The molecule has 8 nitrogen and oxygen atoms in total. The van der Waals surface area contributed by atoms with Gasteiger partial charge in [0, 0.05) is 10.9 Å². The fourth-order valence-corrected chi connectivity index (χ4v) is 5.75. The number of benzene rings is 2. The number of nitriles is 1. The van der Waals surface area contributed by atoms with E-state index in [0.29, 0.717) is 42.8 Å². The Morgan fingerprint density at radius 2 is 1.75 bits per heavy atom. The quantitative estimate of drug-likeness (QED) is 0.266. The van der Waals surface area contributed by atoms with Gasteiger partial charge in [-0.3, -0.25) is 4.79 Å². The predicted molar refractivity (Wildman–Crippen MR) is 146 cm³/mol. The number of aromatic nitrogens is 1. The molecule has 1 amide bonds. The number of aromatic amines is 1. The maximum absolute atomic E-state index is 13.4. The van der Waals surface area contributed by atoms with Crippen molar-refractivity contribution in [1.29, 1.82) is 5.26 Å². The van der Waals surface area contributed by atoms with E-state index in [1.165, 1.54) is 0 Å². The Kier molecular flexibility index (Phi) is 6.59. The average molecular weight is 548 g/mol. The number of hydrogen-bond donors (Lipinski definition) is 3. The van der Waals surface area contributed by atoms with Crippen LogP contribution in [-0.2, 0) is 15.1 Å². The van der Waals surface area contributed by atoms with Gasteiger partial charge in [0.1, 0.15) is 22.7 Å². The minimum atomic E-state index is -2.88. The van der Waals surface area contributed by atoms with Gasteiger partial charge < -0.3 is 25.5 Å². The van der Waals surface area contributed by atoms with Crippen molar-refractivity contribution in [3.63, 3.8) is 0 Å². The number of nitrogens with one attached hydrogen (secondary N) is 2. The number of amidine groups is 1. The summed E-state index contributed by atoms with van der Waals surface area (Å²) in [6, 6.07) is 17.2. The Morgan fingerprint density at radius 3 is 2.35 bits per heavy atom. The van der Waals surface area contributed by atoms with E-state index in [1.54, 1.807) is 18.2 Å². The molecule has 2 heterocycles. The first kappa shape index (κ1) is 26.4. The maximum atomic E-state index is 13.4. The zero-order chi connectivity index (χ0) is 28.0. The number of carbonyl (C=O) groups excluding carboxylic acids is 1. The SMILES string of the molecule is N#CC1(N=C(N)C2(NC(=O)c3cc4ccc(-c5ccc(C6(OC(F)F)COC6)cc5)cc4[nH]3)CCCCC2)CC1. The number of aliphatic imine (C=N–C) groups is 1. The summed E-state index contributed by atoms with van der Waals surface area (Å²) in [6.45, 7) is -2.70. The summed E-state index contributed by atoms with van der Waals surface area (Å²) in [5.74, 6) is 0.0756. The summed E-state index contributed by atoms with van der Waals surface area (Å²) in [6.07, 6.45) is 5.68. The first-order valence-corrected chi connectivity index (χ1v) is 13.6. The molecular weight excluding hydrogens is 516 g/mol. The number of fused-ring (bicyclic) bond motifs is 1. The zero-order valence-electron chi connectivity index (χ0n) is 22.0. The summed E-state index contributed by atoms with van der Waals surface area (Å²) in [5.41, 5.74) is 7.51. The molecule has 2 aliphatic carbocycles. The van der Waals surface area contributed by atoms with Gasteiger partial charge in [0.15, 0.2) is 0 Å². The predicted octanol–water partition coefficient (Wildman–Crippen LogP) is 5.15. The van der Waals surface area contributed by atoms with Gasteiger partial charge in [0.05, 0.1) is 24.8 Å². The van der Waals surface area contributed by atoms with Crippen LogP contribution >= 0.6 is 0 Å². The van der Waals surface area contributed by atoms with Crippen molar-refractivity contribution in [2.24, 2.45) is 10.7 Å². The second kappa shape index (κ2) is 9.98. The Balaban J connectivity index is 1.22. The molecule has 208 valence electrons. The highest BCUT2D eigenvalue weighted by Gasteiger charge is 2.47. The Labute approximate surface area is 230 Å². The summed E-state index contributed by atoms with van der Waals surface area (Å²) in [5, 5.41) is 13.5. The molecule has 0 radical (unpaired) electrons. The molecule has 1 aromatic heterocycles. The number of rotatable bonds is 8. The molecule has 4 N–H and O–H groups in total. The Bertz CT molecular complexity index is 1490. The molecule has 10 heteroatoms. The van der Waals surface area contributed by atoms with Gasteiger partial charge in [0.25, 0.3) is 5.91 Å². The van der Waals surface area contributed by atoms with Crippen LogP contribution in [0, 0.1) is 11.3 Å². The highest BCUT2D eigenvalue weighted by Crippen LogP contribution is 2.41. The third-order valence-electron chi connectivity index (χ3n) is 8.41. The van der Waals surface area contributed by atoms with Crippen molar-refractivity contribution in [3.05, 3.63) is 59.8 Å².